The number of nitrogens with zero attached hydrogens (tertiary/aromatic N) is 4. The maximum absolute atomic E-state index is 12.6. The van der Waals surface area contributed by atoms with E-state index in [2.05, 4.69) is 10.2 Å². The first-order chi connectivity index (χ1) is 11.5. The molecule has 1 aliphatic heterocycles. The highest BCUT2D eigenvalue weighted by Gasteiger charge is 2.38. The fourth-order valence-electron chi connectivity index (χ4n) is 2.49. The Kier molecular flexibility index (Phi) is 4.35. The minimum Gasteiger partial charge on any atom is -0.468 e. The van der Waals surface area contributed by atoms with Crippen LogP contribution >= 0.6 is 11.6 Å². The van der Waals surface area contributed by atoms with Gasteiger partial charge in [0.2, 0.25) is 0 Å². The highest BCUT2D eigenvalue weighted by atomic mass is 35.5. The SMILES string of the molecule is COC(=O)C1CC(c2ccc(Cl)cc2)=NN(c2cnn(C)c2)C1=O. The minimum atomic E-state index is -0.946. The number of hydrazone groups is 1. The van der Waals surface area contributed by atoms with Crippen LogP contribution in [0.1, 0.15) is 12.0 Å². The van der Waals surface area contributed by atoms with Crippen molar-refractivity contribution in [3.8, 4) is 0 Å². The molecule has 1 atom stereocenters. The Hall–Kier alpha value is -2.67. The molecule has 0 N–H and O–H groups in total. The van der Waals surface area contributed by atoms with E-state index < -0.39 is 17.8 Å². The van der Waals surface area contributed by atoms with Crippen LogP contribution in [-0.2, 0) is 21.4 Å². The number of hydrogen-bond acceptors (Lipinski definition) is 5. The number of aromatic nitrogens is 2. The molecule has 0 saturated heterocycles. The molecule has 1 amide bonds. The van der Waals surface area contributed by atoms with Crippen molar-refractivity contribution in [3.05, 3.63) is 47.2 Å². The number of benzene rings is 1. The van der Waals surface area contributed by atoms with Gasteiger partial charge in [-0.3, -0.25) is 14.3 Å². The molecule has 0 bridgehead atoms. The minimum absolute atomic E-state index is 0.171. The van der Waals surface area contributed by atoms with Crippen molar-refractivity contribution >= 4 is 34.9 Å². The summed E-state index contributed by atoms with van der Waals surface area (Å²) >= 11 is 5.91. The van der Waals surface area contributed by atoms with Crippen LogP contribution < -0.4 is 5.01 Å². The molecule has 0 aliphatic carbocycles. The third-order valence-corrected chi connectivity index (χ3v) is 3.98. The lowest BCUT2D eigenvalue weighted by atomic mass is 9.95. The zero-order chi connectivity index (χ0) is 17.3. The maximum Gasteiger partial charge on any atom is 0.318 e. The molecule has 124 valence electrons. The van der Waals surface area contributed by atoms with E-state index in [1.54, 1.807) is 42.2 Å². The summed E-state index contributed by atoms with van der Waals surface area (Å²) in [5.41, 5.74) is 1.88. The van der Waals surface area contributed by atoms with Gasteiger partial charge in [0.15, 0.2) is 0 Å². The Morgan fingerprint density at radius 2 is 2.04 bits per heavy atom. The molecule has 0 saturated carbocycles. The molecule has 1 aliphatic rings. The van der Waals surface area contributed by atoms with E-state index in [0.717, 1.165) is 5.56 Å². The summed E-state index contributed by atoms with van der Waals surface area (Å²) in [6.45, 7) is 0. The van der Waals surface area contributed by atoms with Gasteiger partial charge in [0.1, 0.15) is 11.6 Å². The monoisotopic (exact) mass is 346 g/mol. The highest BCUT2D eigenvalue weighted by molar-refractivity contribution is 6.30. The van der Waals surface area contributed by atoms with Gasteiger partial charge in [0.05, 0.1) is 25.2 Å². The van der Waals surface area contributed by atoms with Crippen LogP contribution in [0.4, 0.5) is 5.69 Å². The number of carbonyl (C=O) groups is 2. The topological polar surface area (TPSA) is 76.8 Å². The van der Waals surface area contributed by atoms with Gasteiger partial charge >= 0.3 is 5.97 Å². The number of ether oxygens (including phenoxy) is 1. The van der Waals surface area contributed by atoms with E-state index in [-0.39, 0.29) is 6.42 Å². The molecule has 3 rings (SSSR count). The largest absolute Gasteiger partial charge is 0.468 e. The van der Waals surface area contributed by atoms with Gasteiger partial charge in [0.25, 0.3) is 5.91 Å². The Morgan fingerprint density at radius 3 is 2.62 bits per heavy atom. The summed E-state index contributed by atoms with van der Waals surface area (Å²) < 4.78 is 6.33. The van der Waals surface area contributed by atoms with Crippen LogP contribution in [0.2, 0.25) is 5.02 Å². The fraction of sp³-hybridized carbons (Fsp3) is 0.250. The van der Waals surface area contributed by atoms with E-state index in [0.29, 0.717) is 16.4 Å². The zero-order valence-electron chi connectivity index (χ0n) is 13.1. The van der Waals surface area contributed by atoms with Crippen molar-refractivity contribution in [1.29, 1.82) is 0 Å². The van der Waals surface area contributed by atoms with E-state index in [1.807, 2.05) is 0 Å². The summed E-state index contributed by atoms with van der Waals surface area (Å²) in [4.78, 5) is 24.7. The average molecular weight is 347 g/mol. The smallest absolute Gasteiger partial charge is 0.318 e. The zero-order valence-corrected chi connectivity index (χ0v) is 13.9. The van der Waals surface area contributed by atoms with E-state index in [4.69, 9.17) is 16.3 Å². The van der Waals surface area contributed by atoms with Crippen molar-refractivity contribution in [2.75, 3.05) is 12.1 Å². The fourth-order valence-corrected chi connectivity index (χ4v) is 2.61. The van der Waals surface area contributed by atoms with Crippen molar-refractivity contribution in [2.45, 2.75) is 6.42 Å². The molecule has 24 heavy (non-hydrogen) atoms. The van der Waals surface area contributed by atoms with Gasteiger partial charge in [-0.1, -0.05) is 23.7 Å². The van der Waals surface area contributed by atoms with Gasteiger partial charge < -0.3 is 4.74 Å². The molecule has 2 heterocycles. The molecule has 0 spiro atoms. The standard InChI is InChI=1S/C16H15ClN4O3/c1-20-9-12(8-18-20)21-15(22)13(16(23)24-2)7-14(19-21)10-3-5-11(17)6-4-10/h3-6,8-9,13H,7H2,1-2H3. The second kappa shape index (κ2) is 6.45. The second-order valence-corrected chi connectivity index (χ2v) is 5.79. The van der Waals surface area contributed by atoms with Gasteiger partial charge in [0, 0.05) is 18.5 Å². The number of rotatable bonds is 3. The number of halogens is 1. The Labute approximate surface area is 143 Å². The van der Waals surface area contributed by atoms with Crippen LogP contribution in [0, 0.1) is 5.92 Å². The predicted molar refractivity (Wildman–Crippen MR) is 88.8 cm³/mol. The summed E-state index contributed by atoms with van der Waals surface area (Å²) in [5.74, 6) is -1.97. The third kappa shape index (κ3) is 3.03. The number of aryl methyl sites for hydroxylation is 1. The molecular weight excluding hydrogens is 332 g/mol. The molecule has 7 nitrogen and oxygen atoms in total. The second-order valence-electron chi connectivity index (χ2n) is 5.36. The summed E-state index contributed by atoms with van der Waals surface area (Å²) in [6.07, 6.45) is 3.34. The maximum atomic E-state index is 12.6. The van der Waals surface area contributed by atoms with Crippen molar-refractivity contribution in [1.82, 2.24) is 9.78 Å². The van der Waals surface area contributed by atoms with E-state index in [1.165, 1.54) is 18.3 Å². The van der Waals surface area contributed by atoms with Crippen molar-refractivity contribution < 1.29 is 14.3 Å². The predicted octanol–water partition coefficient (Wildman–Crippen LogP) is 2.00. The molecule has 0 fully saturated rings. The number of amides is 1. The summed E-state index contributed by atoms with van der Waals surface area (Å²) in [6, 6.07) is 7.06. The summed E-state index contributed by atoms with van der Waals surface area (Å²) in [5, 5.41) is 10.2. The Bertz CT molecular complexity index is 813. The summed E-state index contributed by atoms with van der Waals surface area (Å²) in [7, 11) is 3.00. The first kappa shape index (κ1) is 16.2. The highest BCUT2D eigenvalue weighted by Crippen LogP contribution is 2.26. The number of carbonyl (C=O) groups excluding carboxylic acids is 2. The van der Waals surface area contributed by atoms with Gasteiger partial charge in [-0.15, -0.1) is 0 Å². The lowest BCUT2D eigenvalue weighted by molar-refractivity contribution is -0.149. The first-order valence-electron chi connectivity index (χ1n) is 7.23. The molecule has 8 heteroatoms. The van der Waals surface area contributed by atoms with Crippen LogP contribution in [0.3, 0.4) is 0 Å². The van der Waals surface area contributed by atoms with Crippen molar-refractivity contribution in [2.24, 2.45) is 18.1 Å². The van der Waals surface area contributed by atoms with Gasteiger partial charge in [-0.2, -0.15) is 15.2 Å². The van der Waals surface area contributed by atoms with E-state index in [9.17, 15) is 9.59 Å². The van der Waals surface area contributed by atoms with E-state index >= 15 is 0 Å². The normalized spacial score (nSPS) is 17.6. The number of anilines is 1. The Balaban J connectivity index is 2.04. The lowest BCUT2D eigenvalue weighted by Gasteiger charge is -2.27. The molecular formula is C16H15ClN4O3. The Morgan fingerprint density at radius 1 is 1.33 bits per heavy atom. The van der Waals surface area contributed by atoms with Gasteiger partial charge in [-0.05, 0) is 17.7 Å². The molecule has 1 unspecified atom stereocenters. The first-order valence-corrected chi connectivity index (χ1v) is 7.61. The quantitative estimate of drug-likeness (QED) is 0.629. The van der Waals surface area contributed by atoms with Crippen LogP contribution in [0.25, 0.3) is 0 Å². The lowest BCUT2D eigenvalue weighted by Crippen LogP contribution is -2.42. The van der Waals surface area contributed by atoms with Crippen LogP contribution in [0.15, 0.2) is 41.8 Å². The molecule has 1 aromatic carbocycles. The molecule has 2 aromatic rings. The average Bonchev–Trinajstić information content (AvgIpc) is 3.01. The third-order valence-electron chi connectivity index (χ3n) is 3.72. The number of methoxy groups -OCH3 is 1. The number of hydrogen-bond donors (Lipinski definition) is 0. The van der Waals surface area contributed by atoms with Crippen LogP contribution in [0.5, 0.6) is 0 Å². The van der Waals surface area contributed by atoms with Gasteiger partial charge in [-0.25, -0.2) is 0 Å². The molecule has 0 radical (unpaired) electrons. The molecule has 1 aromatic heterocycles. The number of esters is 1. The van der Waals surface area contributed by atoms with Crippen molar-refractivity contribution in [3.63, 3.8) is 0 Å². The van der Waals surface area contributed by atoms with Crippen LogP contribution in [-0.4, -0.2) is 34.5 Å².